The van der Waals surface area contributed by atoms with Crippen LogP contribution in [0.15, 0.2) is 67.0 Å². The van der Waals surface area contributed by atoms with Gasteiger partial charge in [0.05, 0.1) is 5.52 Å². The highest BCUT2D eigenvalue weighted by Gasteiger charge is 2.11. The maximum atomic E-state index is 5.98. The van der Waals surface area contributed by atoms with Crippen LogP contribution in [0.1, 0.15) is 12.8 Å². The van der Waals surface area contributed by atoms with E-state index < -0.39 is 0 Å². The zero-order chi connectivity index (χ0) is 21.8. The van der Waals surface area contributed by atoms with E-state index in [-0.39, 0.29) is 0 Å². The van der Waals surface area contributed by atoms with Gasteiger partial charge < -0.3 is 15.5 Å². The van der Waals surface area contributed by atoms with Crippen LogP contribution >= 0.6 is 11.6 Å². The van der Waals surface area contributed by atoms with Gasteiger partial charge >= 0.3 is 0 Å². The van der Waals surface area contributed by atoms with Gasteiger partial charge in [0.1, 0.15) is 5.82 Å². The van der Waals surface area contributed by atoms with E-state index in [2.05, 4.69) is 37.6 Å². The largest absolute Gasteiger partial charge is 0.369 e. The van der Waals surface area contributed by atoms with Crippen molar-refractivity contribution < 1.29 is 0 Å². The number of benzene rings is 2. The molecule has 1 fully saturated rings. The van der Waals surface area contributed by atoms with Crippen LogP contribution in [0.3, 0.4) is 0 Å². The fraction of sp³-hybridized carbons (Fsp3) is 0.240. The van der Waals surface area contributed by atoms with Crippen molar-refractivity contribution in [3.8, 4) is 11.1 Å². The van der Waals surface area contributed by atoms with Gasteiger partial charge in [0.2, 0.25) is 5.95 Å². The Morgan fingerprint density at radius 1 is 0.906 bits per heavy atom. The highest BCUT2D eigenvalue weighted by atomic mass is 35.5. The minimum Gasteiger partial charge on any atom is -0.369 e. The molecule has 5 rings (SSSR count). The molecule has 0 atom stereocenters. The van der Waals surface area contributed by atoms with Gasteiger partial charge in [-0.2, -0.15) is 0 Å². The van der Waals surface area contributed by atoms with Crippen LogP contribution in [0.25, 0.3) is 22.0 Å². The summed E-state index contributed by atoms with van der Waals surface area (Å²) in [6, 6.07) is 17.7. The van der Waals surface area contributed by atoms with Crippen LogP contribution in [0.4, 0.5) is 17.5 Å². The second-order valence-electron chi connectivity index (χ2n) is 7.98. The van der Waals surface area contributed by atoms with Gasteiger partial charge in [-0.3, -0.25) is 0 Å². The first kappa shape index (κ1) is 20.7. The summed E-state index contributed by atoms with van der Waals surface area (Å²) in [7, 11) is 0. The second kappa shape index (κ2) is 9.51. The summed E-state index contributed by atoms with van der Waals surface area (Å²) in [5.41, 5.74) is 3.82. The molecule has 3 heterocycles. The van der Waals surface area contributed by atoms with E-state index in [4.69, 9.17) is 16.6 Å². The third-order valence-electron chi connectivity index (χ3n) is 5.72. The Kier molecular flexibility index (Phi) is 6.14. The zero-order valence-electron chi connectivity index (χ0n) is 17.8. The number of hydrogen-bond acceptors (Lipinski definition) is 6. The van der Waals surface area contributed by atoms with E-state index in [9.17, 15) is 0 Å². The van der Waals surface area contributed by atoms with Crippen LogP contribution in [0.5, 0.6) is 0 Å². The molecule has 0 bridgehead atoms. The number of rotatable bonds is 7. The molecule has 1 aliphatic heterocycles. The molecule has 2 N–H and O–H groups in total. The summed E-state index contributed by atoms with van der Waals surface area (Å²) < 4.78 is 0. The Balaban J connectivity index is 1.34. The normalized spacial score (nSPS) is 14.0. The van der Waals surface area contributed by atoms with Gasteiger partial charge in [-0.25, -0.2) is 15.0 Å². The van der Waals surface area contributed by atoms with E-state index in [0.29, 0.717) is 11.0 Å². The molecule has 4 aromatic rings. The molecular weight excluding hydrogens is 420 g/mol. The lowest BCUT2D eigenvalue weighted by molar-refractivity contribution is 0.352. The Morgan fingerprint density at radius 2 is 1.75 bits per heavy atom. The lowest BCUT2D eigenvalue weighted by Crippen LogP contribution is -2.26. The lowest BCUT2D eigenvalue weighted by atomic mass is 10.0. The monoisotopic (exact) mass is 444 g/mol. The van der Waals surface area contributed by atoms with Gasteiger partial charge in [-0.1, -0.05) is 29.8 Å². The van der Waals surface area contributed by atoms with E-state index in [0.717, 1.165) is 46.6 Å². The van der Waals surface area contributed by atoms with Gasteiger partial charge in [-0.15, -0.1) is 0 Å². The predicted molar refractivity (Wildman–Crippen MR) is 132 cm³/mol. The van der Waals surface area contributed by atoms with Crippen molar-refractivity contribution in [3.05, 3.63) is 72.0 Å². The van der Waals surface area contributed by atoms with E-state index in [1.54, 1.807) is 0 Å². The van der Waals surface area contributed by atoms with Crippen molar-refractivity contribution in [1.29, 1.82) is 0 Å². The SMILES string of the molecule is Clc1ccc(Nc2ncc3cccc(-c4ccc(NCCN5CCCC5)nc4)c3n2)cc1. The fourth-order valence-electron chi connectivity index (χ4n) is 4.02. The molecule has 6 nitrogen and oxygen atoms in total. The summed E-state index contributed by atoms with van der Waals surface area (Å²) in [4.78, 5) is 16.4. The van der Waals surface area contributed by atoms with Gasteiger partial charge in [0.25, 0.3) is 0 Å². The number of likely N-dealkylation sites (tertiary alicyclic amines) is 1. The first-order valence-electron chi connectivity index (χ1n) is 11.0. The molecule has 0 spiro atoms. The number of aromatic nitrogens is 3. The van der Waals surface area contributed by atoms with Crippen LogP contribution < -0.4 is 10.6 Å². The van der Waals surface area contributed by atoms with Crippen LogP contribution in [0.2, 0.25) is 5.02 Å². The topological polar surface area (TPSA) is 66.0 Å². The standard InChI is InChI=1S/C25H25ClN6/c26-20-7-9-21(10-8-20)30-25-29-17-19-4-3-5-22(24(19)31-25)18-6-11-23(28-16-18)27-12-15-32-13-1-2-14-32/h3-11,16-17H,1-2,12-15H2,(H,27,28)(H,29,30,31). The van der Waals surface area contributed by atoms with Crippen molar-refractivity contribution in [1.82, 2.24) is 19.9 Å². The van der Waals surface area contributed by atoms with Crippen LogP contribution in [-0.2, 0) is 0 Å². The quantitative estimate of drug-likeness (QED) is 0.387. The smallest absolute Gasteiger partial charge is 0.227 e. The second-order valence-corrected chi connectivity index (χ2v) is 8.41. The molecule has 0 saturated carbocycles. The molecule has 1 aliphatic rings. The van der Waals surface area contributed by atoms with Crippen molar-refractivity contribution in [2.75, 3.05) is 36.8 Å². The highest BCUT2D eigenvalue weighted by molar-refractivity contribution is 6.30. The van der Waals surface area contributed by atoms with Crippen molar-refractivity contribution in [3.63, 3.8) is 0 Å². The number of nitrogens with one attached hydrogen (secondary N) is 2. The van der Waals surface area contributed by atoms with Gasteiger partial charge in [-0.05, 0) is 62.3 Å². The van der Waals surface area contributed by atoms with Crippen molar-refractivity contribution in [2.45, 2.75) is 12.8 Å². The van der Waals surface area contributed by atoms with Crippen molar-refractivity contribution in [2.24, 2.45) is 0 Å². The predicted octanol–water partition coefficient (Wildman–Crippen LogP) is 5.60. The van der Waals surface area contributed by atoms with E-state index in [1.165, 1.54) is 25.9 Å². The fourth-order valence-corrected chi connectivity index (χ4v) is 4.14. The van der Waals surface area contributed by atoms with E-state index in [1.807, 2.05) is 54.9 Å². The molecule has 2 aromatic heterocycles. The number of para-hydroxylation sites is 1. The number of nitrogens with zero attached hydrogens (tertiary/aromatic N) is 4. The molecule has 32 heavy (non-hydrogen) atoms. The molecule has 0 unspecified atom stereocenters. The first-order valence-corrected chi connectivity index (χ1v) is 11.3. The summed E-state index contributed by atoms with van der Waals surface area (Å²) in [5.74, 6) is 1.44. The molecular formula is C25H25ClN6. The lowest BCUT2D eigenvalue weighted by Gasteiger charge is -2.15. The van der Waals surface area contributed by atoms with Gasteiger partial charge in [0, 0.05) is 52.7 Å². The van der Waals surface area contributed by atoms with Crippen LogP contribution in [-0.4, -0.2) is 46.0 Å². The number of hydrogen-bond donors (Lipinski definition) is 2. The first-order chi connectivity index (χ1) is 15.7. The number of pyridine rings is 1. The van der Waals surface area contributed by atoms with Crippen LogP contribution in [0, 0.1) is 0 Å². The average molecular weight is 445 g/mol. The molecule has 0 radical (unpaired) electrons. The molecule has 0 aliphatic carbocycles. The average Bonchev–Trinajstić information content (AvgIpc) is 3.34. The summed E-state index contributed by atoms with van der Waals surface area (Å²) >= 11 is 5.98. The Hall–Kier alpha value is -3.22. The minimum absolute atomic E-state index is 0.542. The summed E-state index contributed by atoms with van der Waals surface area (Å²) in [6.45, 7) is 4.40. The molecule has 7 heteroatoms. The molecule has 1 saturated heterocycles. The third kappa shape index (κ3) is 4.82. The maximum absolute atomic E-state index is 5.98. The maximum Gasteiger partial charge on any atom is 0.227 e. The zero-order valence-corrected chi connectivity index (χ0v) is 18.5. The van der Waals surface area contributed by atoms with Gasteiger partial charge in [0.15, 0.2) is 0 Å². The minimum atomic E-state index is 0.542. The number of halogens is 1. The summed E-state index contributed by atoms with van der Waals surface area (Å²) in [5, 5.41) is 8.35. The van der Waals surface area contributed by atoms with E-state index >= 15 is 0 Å². The Bertz CT molecular complexity index is 1190. The molecule has 0 amide bonds. The third-order valence-corrected chi connectivity index (χ3v) is 5.97. The van der Waals surface area contributed by atoms with Crippen molar-refractivity contribution >= 4 is 40.0 Å². The Labute approximate surface area is 192 Å². The summed E-state index contributed by atoms with van der Waals surface area (Å²) in [6.07, 6.45) is 6.38. The molecule has 2 aromatic carbocycles. The highest BCUT2D eigenvalue weighted by Crippen LogP contribution is 2.28. The number of anilines is 3. The number of fused-ring (bicyclic) bond motifs is 1. The Morgan fingerprint density at radius 3 is 2.53 bits per heavy atom. The molecule has 162 valence electrons.